The summed E-state index contributed by atoms with van der Waals surface area (Å²) in [5, 5.41) is 0.480. The summed E-state index contributed by atoms with van der Waals surface area (Å²) in [6.07, 6.45) is 0. The van der Waals surface area contributed by atoms with E-state index in [1.807, 2.05) is 30.3 Å². The third-order valence-electron chi connectivity index (χ3n) is 2.46. The molecule has 74 valence electrons. The third-order valence-corrected chi connectivity index (χ3v) is 3.61. The average Bonchev–Trinajstić information content (AvgIpc) is 2.29. The molecule has 3 rings (SSSR count). The Kier molecular flexibility index (Phi) is 1.67. The van der Waals surface area contributed by atoms with Crippen molar-refractivity contribution in [3.63, 3.8) is 0 Å². The molecular formula is C12H9O2P. The van der Waals surface area contributed by atoms with E-state index in [-0.39, 0.29) is 0 Å². The quantitative estimate of drug-likeness (QED) is 0.634. The number of benzene rings is 2. The lowest BCUT2D eigenvalue weighted by Crippen LogP contribution is -2.09. The summed E-state index contributed by atoms with van der Waals surface area (Å²) in [5.41, 5.74) is 1.74. The SMILES string of the molecule is [2H]P1(=O)Oc2ccccc2-c2ccccc21. The summed E-state index contributed by atoms with van der Waals surface area (Å²) in [6, 6.07) is 14.6. The highest BCUT2D eigenvalue weighted by Gasteiger charge is 2.20. The number of rotatable bonds is 0. The first-order valence-electron chi connectivity index (χ1n) is 5.14. The molecule has 0 fully saturated rings. The molecule has 0 spiro atoms. The summed E-state index contributed by atoms with van der Waals surface area (Å²) in [7, 11) is -3.46. The molecule has 3 heteroatoms. The molecule has 15 heavy (non-hydrogen) atoms. The van der Waals surface area contributed by atoms with E-state index in [1.54, 1.807) is 18.2 Å². The van der Waals surface area contributed by atoms with Gasteiger partial charge in [0.05, 0.1) is 5.30 Å². The van der Waals surface area contributed by atoms with Gasteiger partial charge in [-0.15, -0.1) is 0 Å². The summed E-state index contributed by atoms with van der Waals surface area (Å²) >= 11 is 0. The van der Waals surface area contributed by atoms with Crippen LogP contribution in [0.15, 0.2) is 48.5 Å². The van der Waals surface area contributed by atoms with Crippen molar-refractivity contribution in [1.82, 2.24) is 0 Å². The molecule has 1 aliphatic rings. The first-order valence-corrected chi connectivity index (χ1v) is 5.88. The van der Waals surface area contributed by atoms with Crippen LogP contribution >= 0.6 is 7.97 Å². The molecule has 0 N–H and O–H groups in total. The van der Waals surface area contributed by atoms with Gasteiger partial charge in [-0.25, -0.2) is 0 Å². The second-order valence-electron chi connectivity index (χ2n) is 3.36. The van der Waals surface area contributed by atoms with Crippen molar-refractivity contribution in [3.05, 3.63) is 48.5 Å². The van der Waals surface area contributed by atoms with Crippen LogP contribution in [0.5, 0.6) is 5.75 Å². The normalized spacial score (nSPS) is 23.3. The zero-order valence-corrected chi connectivity index (χ0v) is 8.78. The van der Waals surface area contributed by atoms with E-state index in [1.165, 1.54) is 0 Å². The molecule has 2 nitrogen and oxygen atoms in total. The predicted octanol–water partition coefficient (Wildman–Crippen LogP) is 2.85. The summed E-state index contributed by atoms with van der Waals surface area (Å²) < 4.78 is 25.1. The molecule has 0 saturated carbocycles. The monoisotopic (exact) mass is 217 g/mol. The third kappa shape index (κ3) is 1.30. The van der Waals surface area contributed by atoms with E-state index in [2.05, 4.69) is 0 Å². The molecular weight excluding hydrogens is 207 g/mol. The lowest BCUT2D eigenvalue weighted by molar-refractivity contribution is 0.513. The molecule has 1 aliphatic heterocycles. The van der Waals surface area contributed by atoms with E-state index in [4.69, 9.17) is 5.80 Å². The van der Waals surface area contributed by atoms with Gasteiger partial charge < -0.3 is 4.52 Å². The largest absolute Gasteiger partial charge is 0.441 e. The van der Waals surface area contributed by atoms with Crippen molar-refractivity contribution in [2.45, 2.75) is 0 Å². The van der Waals surface area contributed by atoms with Crippen LogP contribution < -0.4 is 9.83 Å². The zero-order chi connectivity index (χ0) is 11.2. The standard InChI is InChI=1S/C12H9O2P/c13-15-12-8-4-2-6-10(12)9-5-1-3-7-11(9)14-15/h1-8,15H/i15D. The van der Waals surface area contributed by atoms with Gasteiger partial charge in [0.2, 0.25) is 0 Å². The highest BCUT2D eigenvalue weighted by molar-refractivity contribution is 7.49. The highest BCUT2D eigenvalue weighted by Crippen LogP contribution is 2.41. The van der Waals surface area contributed by atoms with Crippen molar-refractivity contribution >= 4 is 13.3 Å². The molecule has 0 bridgehead atoms. The van der Waals surface area contributed by atoms with Crippen molar-refractivity contribution in [1.29, 1.82) is 1.28 Å². The van der Waals surface area contributed by atoms with Crippen LogP contribution in [0.4, 0.5) is 0 Å². The van der Waals surface area contributed by atoms with Crippen LogP contribution in [0.25, 0.3) is 11.1 Å². The molecule has 0 radical (unpaired) electrons. The Morgan fingerprint density at radius 3 is 2.53 bits per heavy atom. The van der Waals surface area contributed by atoms with Crippen molar-refractivity contribution in [2.24, 2.45) is 0 Å². The van der Waals surface area contributed by atoms with Crippen LogP contribution in [0.2, 0.25) is 0 Å². The van der Waals surface area contributed by atoms with Gasteiger partial charge in [-0.1, -0.05) is 36.4 Å². The van der Waals surface area contributed by atoms with E-state index in [0.717, 1.165) is 11.1 Å². The number of hydrogen-bond acceptors (Lipinski definition) is 2. The molecule has 1 heterocycles. The first-order chi connectivity index (χ1) is 7.68. The van der Waals surface area contributed by atoms with E-state index >= 15 is 0 Å². The fourth-order valence-corrected chi connectivity index (χ4v) is 2.80. The fourth-order valence-electron chi connectivity index (χ4n) is 1.77. The highest BCUT2D eigenvalue weighted by atomic mass is 31.1. The van der Waals surface area contributed by atoms with E-state index in [0.29, 0.717) is 11.1 Å². The van der Waals surface area contributed by atoms with Gasteiger partial charge in [-0.3, -0.25) is 4.57 Å². The van der Waals surface area contributed by atoms with Gasteiger partial charge in [0.1, 0.15) is 7.03 Å². The smallest absolute Gasteiger partial charge is 0.266 e. The van der Waals surface area contributed by atoms with E-state index in [9.17, 15) is 4.57 Å². The Labute approximate surface area is 89.7 Å². The van der Waals surface area contributed by atoms with Crippen LogP contribution in [-0.2, 0) is 4.57 Å². The summed E-state index contributed by atoms with van der Waals surface area (Å²) in [4.78, 5) is 0. The molecule has 1 unspecified atom stereocenters. The van der Waals surface area contributed by atoms with Gasteiger partial charge in [-0.2, -0.15) is 0 Å². The summed E-state index contributed by atoms with van der Waals surface area (Å²) in [6.45, 7) is 0. The average molecular weight is 217 g/mol. The lowest BCUT2D eigenvalue weighted by atomic mass is 10.0. The van der Waals surface area contributed by atoms with E-state index < -0.39 is 7.97 Å². The predicted molar refractivity (Wildman–Crippen MR) is 61.1 cm³/mol. The maximum Gasteiger partial charge on any atom is 0.266 e. The number of fused-ring (bicyclic) bond motifs is 3. The number of hydrogen-bond donors (Lipinski definition) is 0. The fraction of sp³-hybridized carbons (Fsp3) is 0. The van der Waals surface area contributed by atoms with Gasteiger partial charge in [0, 0.05) is 5.56 Å². The Bertz CT molecular complexity index is 609. The van der Waals surface area contributed by atoms with Gasteiger partial charge in [-0.05, 0) is 17.7 Å². The molecule has 0 aromatic heterocycles. The van der Waals surface area contributed by atoms with Gasteiger partial charge in [0.25, 0.3) is 7.97 Å². The minimum Gasteiger partial charge on any atom is -0.441 e. The second-order valence-corrected chi connectivity index (χ2v) is 4.54. The van der Waals surface area contributed by atoms with Crippen LogP contribution in [0, 0.1) is 0 Å². The summed E-state index contributed by atoms with van der Waals surface area (Å²) in [5.74, 6) is 0.527. The Hall–Kier alpha value is -1.53. The van der Waals surface area contributed by atoms with Crippen molar-refractivity contribution in [2.75, 3.05) is 0 Å². The molecule has 2 aromatic carbocycles. The maximum absolute atomic E-state index is 12.1. The topological polar surface area (TPSA) is 26.3 Å². The van der Waals surface area contributed by atoms with Crippen molar-refractivity contribution in [3.8, 4) is 16.9 Å². The number of para-hydroxylation sites is 1. The Balaban J connectivity index is 2.38. The maximum atomic E-state index is 12.1. The molecule has 0 amide bonds. The minimum absolute atomic E-state index is 0.480. The molecule has 1 atom stereocenters. The van der Waals surface area contributed by atoms with Crippen LogP contribution in [-0.4, -0.2) is 1.28 Å². The minimum atomic E-state index is -3.46. The Morgan fingerprint density at radius 2 is 1.67 bits per heavy atom. The Morgan fingerprint density at radius 1 is 1.00 bits per heavy atom. The lowest BCUT2D eigenvalue weighted by Gasteiger charge is -2.19. The molecule has 0 saturated heterocycles. The van der Waals surface area contributed by atoms with Crippen LogP contribution in [0.3, 0.4) is 0 Å². The first kappa shape index (κ1) is 7.72. The molecule has 0 aliphatic carbocycles. The van der Waals surface area contributed by atoms with Crippen molar-refractivity contribution < 1.29 is 9.09 Å². The second kappa shape index (κ2) is 3.25. The molecule has 2 aromatic rings. The van der Waals surface area contributed by atoms with Gasteiger partial charge in [0.15, 0.2) is 0 Å². The van der Waals surface area contributed by atoms with Crippen LogP contribution in [0.1, 0.15) is 0 Å². The van der Waals surface area contributed by atoms with Gasteiger partial charge >= 0.3 is 0 Å². The zero-order valence-electron chi connectivity index (χ0n) is 8.88.